The lowest BCUT2D eigenvalue weighted by Gasteiger charge is -2.32. The molecule has 3 rings (SSSR count). The quantitative estimate of drug-likeness (QED) is 0.787. The molecule has 1 aromatic carbocycles. The fourth-order valence-electron chi connectivity index (χ4n) is 3.22. The van der Waals surface area contributed by atoms with Gasteiger partial charge < -0.3 is 15.4 Å². The van der Waals surface area contributed by atoms with Crippen LogP contribution in [-0.4, -0.2) is 52.9 Å². The van der Waals surface area contributed by atoms with Crippen LogP contribution >= 0.6 is 11.6 Å². The Morgan fingerprint density at radius 2 is 2.15 bits per heavy atom. The number of carbonyl (C=O) groups excluding carboxylic acids is 1. The summed E-state index contributed by atoms with van der Waals surface area (Å²) in [6.45, 7) is 4.65. The summed E-state index contributed by atoms with van der Waals surface area (Å²) in [5.41, 5.74) is 7.79. The zero-order chi connectivity index (χ0) is 18.5. The maximum Gasteiger partial charge on any atom is 0.257 e. The summed E-state index contributed by atoms with van der Waals surface area (Å²) in [5, 5.41) is 5.02. The van der Waals surface area contributed by atoms with Gasteiger partial charge in [-0.15, -0.1) is 0 Å². The number of piperidine rings is 1. The van der Waals surface area contributed by atoms with Crippen LogP contribution in [0.2, 0.25) is 5.02 Å². The Morgan fingerprint density at radius 1 is 1.38 bits per heavy atom. The first-order valence-electron chi connectivity index (χ1n) is 9.01. The number of likely N-dealkylation sites (tertiary alicyclic amines) is 1. The molecule has 1 aliphatic rings. The third-order valence-corrected chi connectivity index (χ3v) is 4.96. The molecule has 140 valence electrons. The van der Waals surface area contributed by atoms with Crippen LogP contribution in [0.15, 0.2) is 30.5 Å². The molecule has 1 aromatic heterocycles. The van der Waals surface area contributed by atoms with Gasteiger partial charge in [-0.25, -0.2) is 4.68 Å². The number of hydrogen-bond donors (Lipinski definition) is 1. The summed E-state index contributed by atoms with van der Waals surface area (Å²) in [7, 11) is 0. The van der Waals surface area contributed by atoms with E-state index < -0.39 is 0 Å². The molecule has 6 nitrogen and oxygen atoms in total. The topological polar surface area (TPSA) is 73.4 Å². The molecule has 1 saturated heterocycles. The molecule has 1 amide bonds. The smallest absolute Gasteiger partial charge is 0.257 e. The van der Waals surface area contributed by atoms with Crippen molar-refractivity contribution in [1.29, 1.82) is 0 Å². The molecule has 2 aromatic rings. The van der Waals surface area contributed by atoms with E-state index in [-0.39, 0.29) is 12.0 Å². The molecule has 0 unspecified atom stereocenters. The van der Waals surface area contributed by atoms with Crippen LogP contribution in [0.1, 0.15) is 35.3 Å². The maximum atomic E-state index is 12.9. The predicted octanol–water partition coefficient (Wildman–Crippen LogP) is 2.80. The molecule has 0 aliphatic carbocycles. The standard InChI is InChI=1S/C19H25ClN4O2/c1-14-18(13-22-24(14)16-5-2-4-15(20)12-16)19(25)23-9-6-17(7-10-23)26-11-3-8-21/h2,4-5,12-13,17H,3,6-11,21H2,1H3. The van der Waals surface area contributed by atoms with E-state index in [1.807, 2.05) is 36.1 Å². The van der Waals surface area contributed by atoms with E-state index in [2.05, 4.69) is 5.10 Å². The van der Waals surface area contributed by atoms with E-state index in [0.717, 1.165) is 30.6 Å². The van der Waals surface area contributed by atoms with E-state index in [4.69, 9.17) is 22.1 Å². The molecule has 1 aliphatic heterocycles. The molecule has 0 bridgehead atoms. The van der Waals surface area contributed by atoms with Crippen LogP contribution < -0.4 is 5.73 Å². The van der Waals surface area contributed by atoms with Crippen LogP contribution in [-0.2, 0) is 4.74 Å². The highest BCUT2D eigenvalue weighted by Crippen LogP contribution is 2.21. The van der Waals surface area contributed by atoms with Gasteiger partial charge in [0.25, 0.3) is 5.91 Å². The van der Waals surface area contributed by atoms with Crippen LogP contribution in [0.3, 0.4) is 0 Å². The van der Waals surface area contributed by atoms with Crippen molar-refractivity contribution in [2.24, 2.45) is 5.73 Å². The lowest BCUT2D eigenvalue weighted by atomic mass is 10.1. The molecule has 0 radical (unpaired) electrons. The molecular weight excluding hydrogens is 352 g/mol. The summed E-state index contributed by atoms with van der Waals surface area (Å²) in [6, 6.07) is 7.44. The van der Waals surface area contributed by atoms with Crippen molar-refractivity contribution < 1.29 is 9.53 Å². The van der Waals surface area contributed by atoms with Gasteiger partial charge in [0.2, 0.25) is 0 Å². The molecule has 26 heavy (non-hydrogen) atoms. The Balaban J connectivity index is 1.64. The molecule has 2 N–H and O–H groups in total. The lowest BCUT2D eigenvalue weighted by molar-refractivity contribution is 0.00843. The largest absolute Gasteiger partial charge is 0.378 e. The van der Waals surface area contributed by atoms with Gasteiger partial charge in [0.05, 0.1) is 29.2 Å². The fourth-order valence-corrected chi connectivity index (χ4v) is 3.40. The van der Waals surface area contributed by atoms with Crippen molar-refractivity contribution >= 4 is 17.5 Å². The first-order chi connectivity index (χ1) is 12.6. The zero-order valence-corrected chi connectivity index (χ0v) is 15.8. The molecule has 0 saturated carbocycles. The van der Waals surface area contributed by atoms with E-state index in [9.17, 15) is 4.79 Å². The second kappa shape index (κ2) is 8.66. The maximum absolute atomic E-state index is 12.9. The number of carbonyl (C=O) groups is 1. The number of rotatable bonds is 6. The third-order valence-electron chi connectivity index (χ3n) is 4.72. The number of amides is 1. The first kappa shape index (κ1) is 18.9. The van der Waals surface area contributed by atoms with Crippen molar-refractivity contribution in [2.45, 2.75) is 32.3 Å². The second-order valence-electron chi connectivity index (χ2n) is 6.54. The van der Waals surface area contributed by atoms with Gasteiger partial charge in [-0.3, -0.25) is 4.79 Å². The molecule has 2 heterocycles. The van der Waals surface area contributed by atoms with E-state index >= 15 is 0 Å². The third kappa shape index (κ3) is 4.26. The number of aromatic nitrogens is 2. The minimum absolute atomic E-state index is 0.0242. The normalized spacial score (nSPS) is 15.4. The lowest BCUT2D eigenvalue weighted by Crippen LogP contribution is -2.41. The minimum atomic E-state index is 0.0242. The monoisotopic (exact) mass is 376 g/mol. The summed E-state index contributed by atoms with van der Waals surface area (Å²) in [5.74, 6) is 0.0242. The minimum Gasteiger partial charge on any atom is -0.378 e. The number of nitrogens with two attached hydrogens (primary N) is 1. The highest BCUT2D eigenvalue weighted by Gasteiger charge is 2.26. The van der Waals surface area contributed by atoms with E-state index in [1.54, 1.807) is 10.9 Å². The van der Waals surface area contributed by atoms with Crippen molar-refractivity contribution in [3.63, 3.8) is 0 Å². The number of halogens is 1. The second-order valence-corrected chi connectivity index (χ2v) is 6.98. The summed E-state index contributed by atoms with van der Waals surface area (Å²) < 4.78 is 7.56. The summed E-state index contributed by atoms with van der Waals surface area (Å²) in [4.78, 5) is 14.8. The van der Waals surface area contributed by atoms with Gasteiger partial charge in [0.15, 0.2) is 0 Å². The molecule has 1 fully saturated rings. The van der Waals surface area contributed by atoms with Gasteiger partial charge in [0, 0.05) is 24.7 Å². The van der Waals surface area contributed by atoms with Crippen LogP contribution in [0.4, 0.5) is 0 Å². The van der Waals surface area contributed by atoms with E-state index in [1.165, 1.54) is 0 Å². The van der Waals surface area contributed by atoms with Crippen molar-refractivity contribution in [3.05, 3.63) is 46.7 Å². The zero-order valence-electron chi connectivity index (χ0n) is 15.0. The van der Waals surface area contributed by atoms with Crippen LogP contribution in [0.25, 0.3) is 5.69 Å². The predicted molar refractivity (Wildman–Crippen MR) is 102 cm³/mol. The molecule has 0 atom stereocenters. The number of hydrogen-bond acceptors (Lipinski definition) is 4. The van der Waals surface area contributed by atoms with Gasteiger partial charge in [-0.2, -0.15) is 5.10 Å². The highest BCUT2D eigenvalue weighted by molar-refractivity contribution is 6.30. The first-order valence-corrected chi connectivity index (χ1v) is 9.39. The van der Waals surface area contributed by atoms with Crippen molar-refractivity contribution in [1.82, 2.24) is 14.7 Å². The van der Waals surface area contributed by atoms with Gasteiger partial charge in [0.1, 0.15) is 0 Å². The Hall–Kier alpha value is -1.89. The number of benzene rings is 1. The van der Waals surface area contributed by atoms with Crippen molar-refractivity contribution in [3.8, 4) is 5.69 Å². The highest BCUT2D eigenvalue weighted by atomic mass is 35.5. The summed E-state index contributed by atoms with van der Waals surface area (Å²) >= 11 is 6.06. The van der Waals surface area contributed by atoms with Gasteiger partial charge in [-0.05, 0) is 50.9 Å². The average Bonchev–Trinajstić information content (AvgIpc) is 3.03. The van der Waals surface area contributed by atoms with Gasteiger partial charge in [-0.1, -0.05) is 17.7 Å². The average molecular weight is 377 g/mol. The Labute approximate surface area is 158 Å². The van der Waals surface area contributed by atoms with Crippen molar-refractivity contribution in [2.75, 3.05) is 26.2 Å². The van der Waals surface area contributed by atoms with Gasteiger partial charge >= 0.3 is 0 Å². The fraction of sp³-hybridized carbons (Fsp3) is 0.474. The summed E-state index contributed by atoms with van der Waals surface area (Å²) in [6.07, 6.45) is 4.46. The Kier molecular flexibility index (Phi) is 6.29. The SMILES string of the molecule is Cc1c(C(=O)N2CCC(OCCCN)CC2)cnn1-c1cccc(Cl)c1. The Bertz CT molecular complexity index is 754. The molecular formula is C19H25ClN4O2. The number of nitrogens with zero attached hydrogens (tertiary/aromatic N) is 3. The molecule has 0 spiro atoms. The Morgan fingerprint density at radius 3 is 2.85 bits per heavy atom. The van der Waals surface area contributed by atoms with E-state index in [0.29, 0.717) is 36.8 Å². The molecule has 7 heteroatoms. The van der Waals surface area contributed by atoms with Crippen LogP contribution in [0, 0.1) is 6.92 Å². The number of ether oxygens (including phenoxy) is 1. The van der Waals surface area contributed by atoms with Crippen LogP contribution in [0.5, 0.6) is 0 Å².